The van der Waals surface area contributed by atoms with Gasteiger partial charge >= 0.3 is 0 Å². The van der Waals surface area contributed by atoms with Crippen LogP contribution in [0, 0.1) is 0 Å². The van der Waals surface area contributed by atoms with Gasteiger partial charge in [0.2, 0.25) is 0 Å². The molecule has 0 bridgehead atoms. The molecule has 0 unspecified atom stereocenters. The van der Waals surface area contributed by atoms with Crippen molar-refractivity contribution >= 4 is 11.4 Å². The molecule has 0 amide bonds. The molecule has 0 aliphatic carbocycles. The van der Waals surface area contributed by atoms with Crippen molar-refractivity contribution in [2.45, 2.75) is 0 Å². The summed E-state index contributed by atoms with van der Waals surface area (Å²) in [5.41, 5.74) is 7.95. The smallest absolute Gasteiger partial charge is 0.144 e. The first-order chi connectivity index (χ1) is 10.8. The Morgan fingerprint density at radius 3 is 1.55 bits per heavy atom. The van der Waals surface area contributed by atoms with Crippen molar-refractivity contribution in [2.75, 3.05) is 24.1 Å². The summed E-state index contributed by atoms with van der Waals surface area (Å²) in [6, 6.07) is 15.4. The molecule has 0 saturated carbocycles. The Hall–Kier alpha value is -2.88. The van der Waals surface area contributed by atoms with Gasteiger partial charge in [0.1, 0.15) is 24.7 Å². The fourth-order valence-electron chi connectivity index (χ4n) is 1.82. The molecular weight excluding hydrogens is 276 g/mol. The summed E-state index contributed by atoms with van der Waals surface area (Å²) in [4.78, 5) is 0. The average molecular weight is 296 g/mol. The topological polar surface area (TPSA) is 42.5 Å². The lowest BCUT2D eigenvalue weighted by Gasteiger charge is -2.16. The number of hydrogen-bond donors (Lipinski definition) is 2. The number of anilines is 2. The highest BCUT2D eigenvalue weighted by atomic mass is 16.5. The van der Waals surface area contributed by atoms with Gasteiger partial charge in [0.25, 0.3) is 0 Å². The van der Waals surface area contributed by atoms with Crippen molar-refractivity contribution in [1.82, 2.24) is 0 Å². The minimum atomic E-state index is 0.456. The van der Waals surface area contributed by atoms with E-state index in [1.54, 1.807) is 12.2 Å². The Morgan fingerprint density at radius 2 is 1.14 bits per heavy atom. The van der Waals surface area contributed by atoms with E-state index in [1.807, 2.05) is 48.5 Å². The zero-order valence-corrected chi connectivity index (χ0v) is 12.4. The fourth-order valence-corrected chi connectivity index (χ4v) is 1.82. The number of benzene rings is 2. The maximum atomic E-state index is 5.60. The molecule has 22 heavy (non-hydrogen) atoms. The van der Waals surface area contributed by atoms with E-state index in [0.717, 1.165) is 22.9 Å². The van der Waals surface area contributed by atoms with Crippen LogP contribution in [0.4, 0.5) is 11.4 Å². The van der Waals surface area contributed by atoms with Gasteiger partial charge in [0, 0.05) is 0 Å². The van der Waals surface area contributed by atoms with Gasteiger partial charge in [-0.3, -0.25) is 10.9 Å². The quantitative estimate of drug-likeness (QED) is 0.536. The third-order valence-electron chi connectivity index (χ3n) is 2.82. The molecular formula is C18H20N2O2. The highest BCUT2D eigenvalue weighted by molar-refractivity contribution is 5.63. The van der Waals surface area contributed by atoms with Crippen LogP contribution in [-0.4, -0.2) is 13.2 Å². The monoisotopic (exact) mass is 296 g/mol. The van der Waals surface area contributed by atoms with Gasteiger partial charge in [-0.15, -0.1) is 0 Å². The first-order valence-corrected chi connectivity index (χ1v) is 7.02. The largest absolute Gasteiger partial charge is 0.487 e. The second-order valence-electron chi connectivity index (χ2n) is 4.44. The van der Waals surface area contributed by atoms with E-state index in [1.165, 1.54) is 0 Å². The van der Waals surface area contributed by atoms with E-state index in [4.69, 9.17) is 9.47 Å². The number of para-hydroxylation sites is 4. The zero-order valence-electron chi connectivity index (χ0n) is 12.4. The molecule has 0 fully saturated rings. The summed E-state index contributed by atoms with van der Waals surface area (Å²) in [6.07, 6.45) is 3.42. The summed E-state index contributed by atoms with van der Waals surface area (Å²) >= 11 is 0. The molecule has 4 nitrogen and oxygen atoms in total. The number of nitrogens with one attached hydrogen (secondary N) is 2. The van der Waals surface area contributed by atoms with Crippen molar-refractivity contribution < 1.29 is 9.47 Å². The summed E-state index contributed by atoms with van der Waals surface area (Å²) in [5.74, 6) is 1.50. The lowest BCUT2D eigenvalue weighted by Crippen LogP contribution is -2.11. The van der Waals surface area contributed by atoms with Crippen molar-refractivity contribution in [1.29, 1.82) is 0 Å². The Morgan fingerprint density at radius 1 is 0.727 bits per heavy atom. The number of hydrazine groups is 1. The minimum absolute atomic E-state index is 0.456. The number of ether oxygens (including phenoxy) is 2. The van der Waals surface area contributed by atoms with Gasteiger partial charge in [-0.05, 0) is 24.3 Å². The van der Waals surface area contributed by atoms with Gasteiger partial charge in [0.15, 0.2) is 0 Å². The molecule has 2 N–H and O–H groups in total. The SMILES string of the molecule is C=CCOc1ccccc1NNc1ccccc1OCC=C. The third kappa shape index (κ3) is 4.31. The predicted octanol–water partition coefficient (Wildman–Crippen LogP) is 4.26. The van der Waals surface area contributed by atoms with Crippen LogP contribution >= 0.6 is 0 Å². The van der Waals surface area contributed by atoms with E-state index < -0.39 is 0 Å². The summed E-state index contributed by atoms with van der Waals surface area (Å²) in [5, 5.41) is 0. The lowest BCUT2D eigenvalue weighted by atomic mass is 10.3. The second-order valence-corrected chi connectivity index (χ2v) is 4.44. The average Bonchev–Trinajstić information content (AvgIpc) is 2.57. The van der Waals surface area contributed by atoms with Crippen molar-refractivity contribution in [3.8, 4) is 11.5 Å². The second kappa shape index (κ2) is 8.42. The molecule has 0 saturated heterocycles. The molecule has 0 spiro atoms. The van der Waals surface area contributed by atoms with Crippen molar-refractivity contribution in [3.63, 3.8) is 0 Å². The minimum Gasteiger partial charge on any atom is -0.487 e. The van der Waals surface area contributed by atoms with Crippen LogP contribution in [0.2, 0.25) is 0 Å². The zero-order chi connectivity index (χ0) is 15.6. The van der Waals surface area contributed by atoms with Crippen molar-refractivity contribution in [3.05, 3.63) is 73.8 Å². The molecule has 2 rings (SSSR count). The van der Waals surface area contributed by atoms with Crippen molar-refractivity contribution in [2.24, 2.45) is 0 Å². The van der Waals surface area contributed by atoms with Crippen LogP contribution in [0.3, 0.4) is 0 Å². The summed E-state index contributed by atoms with van der Waals surface area (Å²) in [6.45, 7) is 8.22. The van der Waals surface area contributed by atoms with Crippen LogP contribution < -0.4 is 20.3 Å². The Balaban J connectivity index is 2.07. The first kappa shape index (κ1) is 15.5. The number of hydrogen-bond acceptors (Lipinski definition) is 4. The van der Waals surface area contributed by atoms with Gasteiger partial charge in [-0.2, -0.15) is 0 Å². The highest BCUT2D eigenvalue weighted by Crippen LogP contribution is 2.27. The summed E-state index contributed by atoms with van der Waals surface area (Å²) < 4.78 is 11.2. The Labute approximate surface area is 131 Å². The van der Waals surface area contributed by atoms with Gasteiger partial charge in [-0.1, -0.05) is 49.6 Å². The van der Waals surface area contributed by atoms with E-state index in [-0.39, 0.29) is 0 Å². The van der Waals surface area contributed by atoms with Gasteiger partial charge in [-0.25, -0.2) is 0 Å². The molecule has 0 aliphatic rings. The summed E-state index contributed by atoms with van der Waals surface area (Å²) in [7, 11) is 0. The maximum Gasteiger partial charge on any atom is 0.144 e. The van der Waals surface area contributed by atoms with Crippen LogP contribution in [0.15, 0.2) is 73.8 Å². The Kier molecular flexibility index (Phi) is 5.93. The number of rotatable bonds is 9. The van der Waals surface area contributed by atoms with E-state index in [2.05, 4.69) is 24.0 Å². The van der Waals surface area contributed by atoms with Crippen LogP contribution in [0.25, 0.3) is 0 Å². The highest BCUT2D eigenvalue weighted by Gasteiger charge is 2.04. The predicted molar refractivity (Wildman–Crippen MR) is 91.5 cm³/mol. The lowest BCUT2D eigenvalue weighted by molar-refractivity contribution is 0.364. The van der Waals surface area contributed by atoms with Gasteiger partial charge in [0.05, 0.1) is 11.4 Å². The Bertz CT molecular complexity index is 570. The van der Waals surface area contributed by atoms with E-state index in [9.17, 15) is 0 Å². The molecule has 114 valence electrons. The van der Waals surface area contributed by atoms with Crippen LogP contribution in [0.5, 0.6) is 11.5 Å². The van der Waals surface area contributed by atoms with Crippen LogP contribution in [0.1, 0.15) is 0 Å². The van der Waals surface area contributed by atoms with Crippen LogP contribution in [-0.2, 0) is 0 Å². The molecule has 0 heterocycles. The molecule has 4 heteroatoms. The molecule has 0 aliphatic heterocycles. The maximum absolute atomic E-state index is 5.60. The first-order valence-electron chi connectivity index (χ1n) is 7.02. The molecule has 2 aromatic rings. The van der Waals surface area contributed by atoms with Gasteiger partial charge < -0.3 is 9.47 Å². The molecule has 0 atom stereocenters. The van der Waals surface area contributed by atoms with E-state index >= 15 is 0 Å². The standard InChI is InChI=1S/C18H20N2O2/c1-3-13-21-17-11-7-5-9-15(17)19-20-16-10-6-8-12-18(16)22-14-4-2/h3-12,19-20H,1-2,13-14H2. The molecule has 0 radical (unpaired) electrons. The normalized spacial score (nSPS) is 9.64. The molecule has 0 aromatic heterocycles. The third-order valence-corrected chi connectivity index (χ3v) is 2.82. The molecule has 2 aromatic carbocycles. The fraction of sp³-hybridized carbons (Fsp3) is 0.111. The van der Waals surface area contributed by atoms with E-state index in [0.29, 0.717) is 13.2 Å².